The molecule has 26 heavy (non-hydrogen) atoms. The van der Waals surface area contributed by atoms with Gasteiger partial charge in [-0.2, -0.15) is 0 Å². The van der Waals surface area contributed by atoms with Gasteiger partial charge in [0.15, 0.2) is 5.82 Å². The first-order chi connectivity index (χ1) is 12.5. The highest BCUT2D eigenvalue weighted by Crippen LogP contribution is 2.40. The minimum Gasteiger partial charge on any atom is -0.282 e. The van der Waals surface area contributed by atoms with Gasteiger partial charge >= 0.3 is 0 Å². The van der Waals surface area contributed by atoms with Crippen molar-refractivity contribution in [2.24, 2.45) is 5.92 Å². The Labute approximate surface area is 156 Å². The van der Waals surface area contributed by atoms with Crippen molar-refractivity contribution in [3.8, 4) is 5.82 Å². The van der Waals surface area contributed by atoms with Crippen molar-refractivity contribution in [2.45, 2.75) is 47.0 Å². The quantitative estimate of drug-likeness (QED) is 0.474. The van der Waals surface area contributed by atoms with Gasteiger partial charge in [0.05, 0.1) is 16.4 Å². The molecule has 3 heterocycles. The molecule has 1 aliphatic carbocycles. The van der Waals surface area contributed by atoms with E-state index in [0.29, 0.717) is 0 Å². The second kappa shape index (κ2) is 5.61. The van der Waals surface area contributed by atoms with Crippen molar-refractivity contribution in [1.29, 1.82) is 0 Å². The maximum atomic E-state index is 4.86. The summed E-state index contributed by atoms with van der Waals surface area (Å²) in [4.78, 5) is 16.9. The summed E-state index contributed by atoms with van der Waals surface area (Å²) in [6.07, 6.45) is 5.45. The van der Waals surface area contributed by atoms with Gasteiger partial charge < -0.3 is 0 Å². The molecule has 0 saturated heterocycles. The van der Waals surface area contributed by atoms with Crippen LogP contribution in [0.2, 0.25) is 0 Å². The van der Waals surface area contributed by atoms with E-state index in [1.165, 1.54) is 33.4 Å². The van der Waals surface area contributed by atoms with Gasteiger partial charge in [-0.15, -0.1) is 11.3 Å². The Morgan fingerprint density at radius 2 is 1.92 bits per heavy atom. The number of hydrogen-bond donors (Lipinski definition) is 0. The molecule has 5 rings (SSSR count). The molecule has 5 heteroatoms. The number of aryl methyl sites for hydroxylation is 4. The first-order valence-electron chi connectivity index (χ1n) is 9.25. The van der Waals surface area contributed by atoms with E-state index in [1.54, 1.807) is 0 Å². The molecule has 1 atom stereocenters. The molecule has 0 spiro atoms. The topological polar surface area (TPSA) is 43.6 Å². The Kier molecular flexibility index (Phi) is 3.44. The summed E-state index contributed by atoms with van der Waals surface area (Å²) in [5.74, 6) is 2.57. The zero-order chi connectivity index (χ0) is 18.0. The van der Waals surface area contributed by atoms with Gasteiger partial charge in [-0.05, 0) is 74.8 Å². The number of aromatic nitrogens is 4. The predicted octanol–water partition coefficient (Wildman–Crippen LogP) is 5.08. The summed E-state index contributed by atoms with van der Waals surface area (Å²) in [5.41, 5.74) is 6.16. The molecule has 0 aliphatic heterocycles. The first kappa shape index (κ1) is 15.9. The van der Waals surface area contributed by atoms with Crippen molar-refractivity contribution in [3.63, 3.8) is 0 Å². The monoisotopic (exact) mass is 362 g/mol. The molecule has 4 nitrogen and oxygen atoms in total. The molecule has 0 unspecified atom stereocenters. The summed E-state index contributed by atoms with van der Waals surface area (Å²) in [6, 6.07) is 4.39. The number of nitrogens with zero attached hydrogens (tertiary/aromatic N) is 4. The Morgan fingerprint density at radius 3 is 2.77 bits per heavy atom. The lowest BCUT2D eigenvalue weighted by Gasteiger charge is -2.18. The molecule has 0 saturated carbocycles. The molecule has 132 valence electrons. The smallest absolute Gasteiger partial charge is 0.151 e. The van der Waals surface area contributed by atoms with Gasteiger partial charge in [-0.25, -0.2) is 15.0 Å². The standard InChI is InChI=1S/C21H22N4S/c1-11-5-6-15-18(7-11)26-21-19(15)20(23-14(4)24-21)25-10-22-16-8-12(2)13(3)9-17(16)25/h8-11H,5-7H2,1-4H3/t11-/m0/s1. The molecule has 0 amide bonds. The van der Waals surface area contributed by atoms with Crippen LogP contribution >= 0.6 is 11.3 Å². The van der Waals surface area contributed by atoms with E-state index in [0.717, 1.165) is 46.3 Å². The molecule has 3 aromatic heterocycles. The van der Waals surface area contributed by atoms with Crippen LogP contribution in [0.1, 0.15) is 40.7 Å². The van der Waals surface area contributed by atoms with Gasteiger partial charge in [0, 0.05) is 4.88 Å². The maximum Gasteiger partial charge on any atom is 0.151 e. The molecule has 0 N–H and O–H groups in total. The van der Waals surface area contributed by atoms with E-state index >= 15 is 0 Å². The zero-order valence-electron chi connectivity index (χ0n) is 15.6. The van der Waals surface area contributed by atoms with Gasteiger partial charge in [-0.3, -0.25) is 4.57 Å². The molecule has 1 aromatic carbocycles. The van der Waals surface area contributed by atoms with Crippen molar-refractivity contribution >= 4 is 32.6 Å². The van der Waals surface area contributed by atoms with Crippen LogP contribution < -0.4 is 0 Å². The van der Waals surface area contributed by atoms with Crippen LogP contribution in [0, 0.1) is 26.7 Å². The molecule has 0 fully saturated rings. The fraction of sp³-hybridized carbons (Fsp3) is 0.381. The van der Waals surface area contributed by atoms with Gasteiger partial charge in [0.2, 0.25) is 0 Å². The van der Waals surface area contributed by atoms with Gasteiger partial charge in [0.1, 0.15) is 17.0 Å². The maximum absolute atomic E-state index is 4.86. The predicted molar refractivity (Wildman–Crippen MR) is 107 cm³/mol. The van der Waals surface area contributed by atoms with Crippen molar-refractivity contribution in [1.82, 2.24) is 19.5 Å². The number of imidazole rings is 1. The van der Waals surface area contributed by atoms with Gasteiger partial charge in [-0.1, -0.05) is 6.92 Å². The number of fused-ring (bicyclic) bond motifs is 4. The van der Waals surface area contributed by atoms with E-state index in [4.69, 9.17) is 9.97 Å². The van der Waals surface area contributed by atoms with Gasteiger partial charge in [0.25, 0.3) is 0 Å². The lowest BCUT2D eigenvalue weighted by molar-refractivity contribution is 0.509. The zero-order valence-corrected chi connectivity index (χ0v) is 16.4. The average Bonchev–Trinajstić information content (AvgIpc) is 3.14. The van der Waals surface area contributed by atoms with E-state index in [9.17, 15) is 0 Å². The second-order valence-corrected chi connectivity index (χ2v) is 8.75. The van der Waals surface area contributed by atoms with Crippen molar-refractivity contribution < 1.29 is 0 Å². The normalized spacial score (nSPS) is 17.2. The minimum absolute atomic E-state index is 0.757. The highest BCUT2D eigenvalue weighted by atomic mass is 32.1. The third-order valence-corrected chi connectivity index (χ3v) is 6.79. The second-order valence-electron chi connectivity index (χ2n) is 7.67. The summed E-state index contributed by atoms with van der Waals surface area (Å²) in [5, 5.41) is 1.24. The lowest BCUT2D eigenvalue weighted by Crippen LogP contribution is -2.09. The van der Waals surface area contributed by atoms with Crippen molar-refractivity contribution in [3.05, 3.63) is 45.9 Å². The Bertz CT molecular complexity index is 1170. The molecular weight excluding hydrogens is 340 g/mol. The summed E-state index contributed by atoms with van der Waals surface area (Å²) >= 11 is 1.86. The number of benzene rings is 1. The van der Waals surface area contributed by atoms with Crippen LogP contribution in [0.15, 0.2) is 18.5 Å². The van der Waals surface area contributed by atoms with E-state index < -0.39 is 0 Å². The van der Waals surface area contributed by atoms with Crippen LogP contribution in [-0.2, 0) is 12.8 Å². The molecule has 1 aliphatic rings. The number of thiophene rings is 1. The molecule has 0 bridgehead atoms. The van der Waals surface area contributed by atoms with Crippen LogP contribution in [0.3, 0.4) is 0 Å². The van der Waals surface area contributed by atoms with Crippen molar-refractivity contribution in [2.75, 3.05) is 0 Å². The van der Waals surface area contributed by atoms with Crippen LogP contribution in [0.4, 0.5) is 0 Å². The van der Waals surface area contributed by atoms with Crippen LogP contribution in [-0.4, -0.2) is 19.5 Å². The first-order valence-corrected chi connectivity index (χ1v) is 10.1. The van der Waals surface area contributed by atoms with E-state index in [1.807, 2.05) is 24.6 Å². The SMILES string of the molecule is Cc1nc(-n2cnc3cc(C)c(C)cc32)c2c3c(sc2n1)C[C@@H](C)CC3. The number of rotatable bonds is 1. The lowest BCUT2D eigenvalue weighted by atomic mass is 9.89. The Morgan fingerprint density at radius 1 is 1.12 bits per heavy atom. The minimum atomic E-state index is 0.757. The highest BCUT2D eigenvalue weighted by molar-refractivity contribution is 7.18. The fourth-order valence-corrected chi connectivity index (χ4v) is 5.46. The Balaban J connectivity index is 1.83. The van der Waals surface area contributed by atoms with Crippen LogP contribution in [0.25, 0.3) is 27.1 Å². The third-order valence-electron chi connectivity index (χ3n) is 5.64. The third kappa shape index (κ3) is 2.30. The Hall–Kier alpha value is -2.27. The molecular formula is C21H22N4S. The average molecular weight is 363 g/mol. The van der Waals surface area contributed by atoms with Crippen LogP contribution in [0.5, 0.6) is 0 Å². The largest absolute Gasteiger partial charge is 0.282 e. The molecule has 4 aromatic rings. The number of hydrogen-bond acceptors (Lipinski definition) is 4. The summed E-state index contributed by atoms with van der Waals surface area (Å²) in [6.45, 7) is 8.62. The highest BCUT2D eigenvalue weighted by Gasteiger charge is 2.24. The fourth-order valence-electron chi connectivity index (χ4n) is 4.03. The molecule has 0 radical (unpaired) electrons. The van der Waals surface area contributed by atoms with E-state index in [-0.39, 0.29) is 0 Å². The van der Waals surface area contributed by atoms with E-state index in [2.05, 4.69) is 42.5 Å². The summed E-state index contributed by atoms with van der Waals surface area (Å²) in [7, 11) is 0. The summed E-state index contributed by atoms with van der Waals surface area (Å²) < 4.78 is 2.16.